The van der Waals surface area contributed by atoms with E-state index in [0.717, 1.165) is 141 Å². The monoisotopic (exact) mass is 1020 g/mol. The lowest BCUT2D eigenvalue weighted by atomic mass is 10.1. The zero-order valence-electron chi connectivity index (χ0n) is 48.1. The van der Waals surface area contributed by atoms with Gasteiger partial charge in [0, 0.05) is 19.3 Å². The molecule has 0 aromatic rings. The fourth-order valence-electron chi connectivity index (χ4n) is 8.13. The molecule has 0 aromatic heterocycles. The van der Waals surface area contributed by atoms with E-state index in [9.17, 15) is 14.4 Å². The second kappa shape index (κ2) is 61.4. The Morgan fingerprint density at radius 1 is 0.284 bits per heavy atom. The Hall–Kier alpha value is -4.19. The van der Waals surface area contributed by atoms with Crippen LogP contribution in [0.1, 0.15) is 271 Å². The van der Waals surface area contributed by atoms with Gasteiger partial charge < -0.3 is 14.2 Å². The predicted molar refractivity (Wildman–Crippen MR) is 320 cm³/mol. The van der Waals surface area contributed by atoms with Crippen molar-refractivity contribution >= 4 is 17.9 Å². The van der Waals surface area contributed by atoms with Crippen LogP contribution in [0.5, 0.6) is 0 Å². The first-order valence-electron chi connectivity index (χ1n) is 30.5. The molecule has 0 aliphatic carbocycles. The van der Waals surface area contributed by atoms with Crippen molar-refractivity contribution in [3.63, 3.8) is 0 Å². The minimum Gasteiger partial charge on any atom is -0.462 e. The third-order valence-electron chi connectivity index (χ3n) is 12.7. The summed E-state index contributed by atoms with van der Waals surface area (Å²) in [6.07, 6.45) is 85.1. The maximum atomic E-state index is 12.8. The van der Waals surface area contributed by atoms with Gasteiger partial charge in [-0.1, -0.05) is 258 Å². The molecule has 0 spiro atoms. The van der Waals surface area contributed by atoms with Crippen molar-refractivity contribution in [2.75, 3.05) is 13.2 Å². The molecule has 0 rings (SSSR count). The van der Waals surface area contributed by atoms with E-state index in [1.807, 2.05) is 0 Å². The molecule has 0 aliphatic rings. The van der Waals surface area contributed by atoms with Gasteiger partial charge in [-0.05, 0) is 116 Å². The molecule has 0 N–H and O–H groups in total. The zero-order valence-corrected chi connectivity index (χ0v) is 48.1. The van der Waals surface area contributed by atoms with Crippen LogP contribution in [0.3, 0.4) is 0 Å². The normalized spacial score (nSPS) is 13.0. The van der Waals surface area contributed by atoms with Crippen LogP contribution in [-0.2, 0) is 28.6 Å². The van der Waals surface area contributed by atoms with Crippen molar-refractivity contribution < 1.29 is 28.6 Å². The maximum Gasteiger partial charge on any atom is 0.306 e. The highest BCUT2D eigenvalue weighted by Crippen LogP contribution is 2.14. The van der Waals surface area contributed by atoms with Gasteiger partial charge in [-0.2, -0.15) is 0 Å². The van der Waals surface area contributed by atoms with E-state index in [1.54, 1.807) is 0 Å². The summed E-state index contributed by atoms with van der Waals surface area (Å²) in [5, 5.41) is 0. The summed E-state index contributed by atoms with van der Waals surface area (Å²) in [7, 11) is 0. The van der Waals surface area contributed by atoms with Gasteiger partial charge in [-0.15, -0.1) is 0 Å². The third kappa shape index (κ3) is 58.7. The third-order valence-corrected chi connectivity index (χ3v) is 12.7. The Morgan fingerprint density at radius 3 is 0.824 bits per heavy atom. The average Bonchev–Trinajstić information content (AvgIpc) is 3.40. The molecular formula is C68H112O6. The summed E-state index contributed by atoms with van der Waals surface area (Å²) in [5.74, 6) is -0.927. The number of ether oxygens (including phenoxy) is 3. The molecule has 0 bridgehead atoms. The minimum absolute atomic E-state index is 0.0897. The van der Waals surface area contributed by atoms with E-state index >= 15 is 0 Å². The molecule has 0 heterocycles. The number of carbonyl (C=O) groups is 3. The molecule has 0 radical (unpaired) electrons. The highest BCUT2D eigenvalue weighted by atomic mass is 16.6. The molecule has 0 saturated carbocycles. The molecule has 6 nitrogen and oxygen atoms in total. The summed E-state index contributed by atoms with van der Waals surface area (Å²) in [4.78, 5) is 38.0. The first kappa shape index (κ1) is 69.8. The van der Waals surface area contributed by atoms with Crippen molar-refractivity contribution in [1.29, 1.82) is 0 Å². The average molecular weight is 1030 g/mol. The molecular weight excluding hydrogens is 913 g/mol. The van der Waals surface area contributed by atoms with Crippen LogP contribution in [-0.4, -0.2) is 37.2 Å². The predicted octanol–water partition coefficient (Wildman–Crippen LogP) is 20.8. The number of carbonyl (C=O) groups excluding carboxylic acids is 3. The van der Waals surface area contributed by atoms with Gasteiger partial charge in [0.1, 0.15) is 13.2 Å². The van der Waals surface area contributed by atoms with Gasteiger partial charge in [0.15, 0.2) is 6.10 Å². The van der Waals surface area contributed by atoms with Crippen LogP contribution in [0.4, 0.5) is 0 Å². The van der Waals surface area contributed by atoms with Crippen LogP contribution in [0, 0.1) is 0 Å². The number of hydrogen-bond acceptors (Lipinski definition) is 6. The Labute approximate surface area is 456 Å². The first-order valence-corrected chi connectivity index (χ1v) is 30.5. The van der Waals surface area contributed by atoms with Gasteiger partial charge in [0.2, 0.25) is 0 Å². The second-order valence-corrected chi connectivity index (χ2v) is 19.9. The molecule has 0 fully saturated rings. The molecule has 420 valence electrons. The van der Waals surface area contributed by atoms with Gasteiger partial charge >= 0.3 is 17.9 Å². The largest absolute Gasteiger partial charge is 0.462 e. The fraction of sp³-hybridized carbons (Fsp3) is 0.662. The summed E-state index contributed by atoms with van der Waals surface area (Å²) >= 11 is 0. The Bertz CT molecular complexity index is 1550. The fourth-order valence-corrected chi connectivity index (χ4v) is 8.13. The summed E-state index contributed by atoms with van der Waals surface area (Å²) in [6.45, 7) is 6.43. The SMILES string of the molecule is CC/C=C\C/C=C\C/C=C\C/C=C\C/C=C\C/C=C\C/C=C\CCCCCCCC(=O)OCC(COC(=O)CCCCCCCC)OC(=O)CCCCCCCCCC/C=C\C/C=C\C/C=C\CCCCCCC. The number of esters is 3. The molecule has 1 atom stereocenters. The molecule has 1 unspecified atom stereocenters. The van der Waals surface area contributed by atoms with Crippen LogP contribution in [0.2, 0.25) is 0 Å². The van der Waals surface area contributed by atoms with Crippen molar-refractivity contribution in [3.05, 3.63) is 122 Å². The van der Waals surface area contributed by atoms with Crippen LogP contribution >= 0.6 is 0 Å². The smallest absolute Gasteiger partial charge is 0.306 e. The quantitative estimate of drug-likeness (QED) is 0.0261. The standard InChI is InChI=1S/C68H112O6/c1-4-7-10-13-16-18-20-22-24-26-28-30-32-33-34-35-37-38-40-42-44-46-48-50-52-55-58-61-67(70)73-64-65(63-72-66(69)60-57-54-15-12-9-6-3)74-68(71)62-59-56-53-51-49-47-45-43-41-39-36-31-29-27-25-23-21-19-17-14-11-8-5-2/h7,10,16,18,21-24,27-30,33-34,36-39,42,44,65H,4-6,8-9,11-15,17,19-20,25-26,31-32,35,40-41,43,45-64H2,1-3H3/b10-7-,18-16-,23-21-,24-22-,29-27-,30-28-,34-33-,38-37-,39-36-,44-42-. The van der Waals surface area contributed by atoms with Gasteiger partial charge in [0.25, 0.3) is 0 Å². The lowest BCUT2D eigenvalue weighted by Crippen LogP contribution is -2.30. The molecule has 0 amide bonds. The Morgan fingerprint density at radius 2 is 0.527 bits per heavy atom. The van der Waals surface area contributed by atoms with Crippen molar-refractivity contribution in [1.82, 2.24) is 0 Å². The van der Waals surface area contributed by atoms with Gasteiger partial charge in [-0.25, -0.2) is 0 Å². The van der Waals surface area contributed by atoms with E-state index in [2.05, 4.69) is 142 Å². The molecule has 6 heteroatoms. The van der Waals surface area contributed by atoms with E-state index in [4.69, 9.17) is 14.2 Å². The zero-order chi connectivity index (χ0) is 53.6. The number of rotatable bonds is 54. The Kier molecular flexibility index (Phi) is 57.9. The van der Waals surface area contributed by atoms with E-state index in [0.29, 0.717) is 19.3 Å². The highest BCUT2D eigenvalue weighted by Gasteiger charge is 2.19. The second-order valence-electron chi connectivity index (χ2n) is 19.9. The highest BCUT2D eigenvalue weighted by molar-refractivity contribution is 5.71. The minimum atomic E-state index is -0.791. The van der Waals surface area contributed by atoms with Crippen LogP contribution < -0.4 is 0 Å². The topological polar surface area (TPSA) is 78.9 Å². The number of unbranched alkanes of at least 4 members (excludes halogenated alkanes) is 23. The van der Waals surface area contributed by atoms with Gasteiger partial charge in [-0.3, -0.25) is 14.4 Å². The molecule has 0 aromatic carbocycles. The summed E-state index contributed by atoms with van der Waals surface area (Å²) in [6, 6.07) is 0. The maximum absolute atomic E-state index is 12.8. The summed E-state index contributed by atoms with van der Waals surface area (Å²) in [5.41, 5.74) is 0. The molecule has 74 heavy (non-hydrogen) atoms. The molecule has 0 saturated heterocycles. The van der Waals surface area contributed by atoms with E-state index < -0.39 is 6.10 Å². The van der Waals surface area contributed by atoms with E-state index in [1.165, 1.54) is 89.9 Å². The first-order chi connectivity index (χ1) is 36.5. The van der Waals surface area contributed by atoms with Crippen LogP contribution in [0.25, 0.3) is 0 Å². The molecule has 0 aliphatic heterocycles. The van der Waals surface area contributed by atoms with E-state index in [-0.39, 0.29) is 31.1 Å². The van der Waals surface area contributed by atoms with Gasteiger partial charge in [0.05, 0.1) is 0 Å². The van der Waals surface area contributed by atoms with Crippen LogP contribution in [0.15, 0.2) is 122 Å². The number of allylic oxidation sites excluding steroid dienone is 20. The number of hydrogen-bond donors (Lipinski definition) is 0. The summed E-state index contributed by atoms with van der Waals surface area (Å²) < 4.78 is 16.8. The van der Waals surface area contributed by atoms with Crippen molar-refractivity contribution in [2.45, 2.75) is 277 Å². The van der Waals surface area contributed by atoms with Crippen molar-refractivity contribution in [3.8, 4) is 0 Å². The van der Waals surface area contributed by atoms with Crippen molar-refractivity contribution in [2.24, 2.45) is 0 Å². The lowest BCUT2D eigenvalue weighted by molar-refractivity contribution is -0.167. The lowest BCUT2D eigenvalue weighted by Gasteiger charge is -2.18. The Balaban J connectivity index is 4.22.